The number of carbonyl (C=O) groups excluding carboxylic acids is 2. The Morgan fingerprint density at radius 1 is 1.05 bits per heavy atom. The van der Waals surface area contributed by atoms with Crippen LogP contribution in [0.3, 0.4) is 0 Å². The van der Waals surface area contributed by atoms with Gasteiger partial charge in [-0.2, -0.15) is 0 Å². The first-order valence-corrected chi connectivity index (χ1v) is 12.7. The van der Waals surface area contributed by atoms with E-state index in [-0.39, 0.29) is 11.3 Å². The molecule has 1 fully saturated rings. The van der Waals surface area contributed by atoms with E-state index in [0.717, 1.165) is 21.3 Å². The number of aromatic nitrogens is 1. The molecule has 0 spiro atoms. The second-order valence-electron chi connectivity index (χ2n) is 8.83. The fourth-order valence-corrected chi connectivity index (χ4v) is 5.82. The lowest BCUT2D eigenvalue weighted by Crippen LogP contribution is -2.29. The summed E-state index contributed by atoms with van der Waals surface area (Å²) < 4.78 is 11.8. The molecule has 5 rings (SSSR count). The summed E-state index contributed by atoms with van der Waals surface area (Å²) in [7, 11) is 1.55. The van der Waals surface area contributed by atoms with Gasteiger partial charge in [-0.15, -0.1) is 0 Å². The summed E-state index contributed by atoms with van der Waals surface area (Å²) in [5.74, 6) is -0.561. The van der Waals surface area contributed by atoms with Crippen LogP contribution in [0.25, 0.3) is 16.0 Å². The average molecular weight is 515 g/mol. The molecule has 37 heavy (non-hydrogen) atoms. The molecule has 0 saturated carbocycles. The Labute approximate surface area is 218 Å². The number of thiazole rings is 1. The molecule has 7 nitrogen and oxygen atoms in total. The Kier molecular flexibility index (Phi) is 6.43. The number of anilines is 1. The molecule has 1 N–H and O–H groups in total. The summed E-state index contributed by atoms with van der Waals surface area (Å²) >= 11 is 1.34. The fraction of sp³-hybridized carbons (Fsp3) is 0.207. The highest BCUT2D eigenvalue weighted by molar-refractivity contribution is 7.22. The number of amides is 1. The van der Waals surface area contributed by atoms with Gasteiger partial charge >= 0.3 is 5.91 Å². The number of aliphatic hydroxyl groups is 1. The molecule has 3 aromatic carbocycles. The second-order valence-corrected chi connectivity index (χ2v) is 9.84. The molecule has 1 amide bonds. The minimum Gasteiger partial charge on any atom is -0.507 e. The third-order valence-corrected chi connectivity index (χ3v) is 7.32. The number of benzene rings is 3. The van der Waals surface area contributed by atoms with E-state index in [1.54, 1.807) is 55.6 Å². The molecule has 0 bridgehead atoms. The Morgan fingerprint density at radius 2 is 1.81 bits per heavy atom. The first-order chi connectivity index (χ1) is 17.8. The van der Waals surface area contributed by atoms with E-state index in [1.807, 2.05) is 32.9 Å². The van der Waals surface area contributed by atoms with Gasteiger partial charge in [0, 0.05) is 5.56 Å². The van der Waals surface area contributed by atoms with Crippen molar-refractivity contribution >= 4 is 44.1 Å². The lowest BCUT2D eigenvalue weighted by Gasteiger charge is -2.23. The van der Waals surface area contributed by atoms with Gasteiger partial charge in [-0.05, 0) is 79.9 Å². The zero-order chi connectivity index (χ0) is 26.3. The van der Waals surface area contributed by atoms with Gasteiger partial charge in [0.05, 0.1) is 35.5 Å². The van der Waals surface area contributed by atoms with Gasteiger partial charge in [0.1, 0.15) is 17.3 Å². The highest BCUT2D eigenvalue weighted by Gasteiger charge is 2.48. The van der Waals surface area contributed by atoms with Gasteiger partial charge < -0.3 is 14.6 Å². The van der Waals surface area contributed by atoms with Crippen molar-refractivity contribution in [2.24, 2.45) is 0 Å². The Balaban J connectivity index is 1.71. The zero-order valence-corrected chi connectivity index (χ0v) is 21.8. The van der Waals surface area contributed by atoms with Gasteiger partial charge in [-0.3, -0.25) is 14.5 Å². The zero-order valence-electron chi connectivity index (χ0n) is 20.9. The van der Waals surface area contributed by atoms with Gasteiger partial charge in [0.15, 0.2) is 5.13 Å². The lowest BCUT2D eigenvalue weighted by molar-refractivity contribution is -0.132. The SMILES string of the molecule is CCOc1ccc(C(O)=C2C(=O)C(=O)N(c3nc4c(C)cc(C)cc4s3)[C@@H]2c2cccc(OC)c2)cc1. The molecule has 1 saturated heterocycles. The number of methoxy groups -OCH3 is 1. The third-order valence-electron chi connectivity index (χ3n) is 6.32. The standard InChI is InChI=1S/C29H26N2O5S/c1-5-36-20-11-9-18(10-12-20)26(32)23-25(19-7-6-8-21(15-19)35-4)31(28(34)27(23)33)29-30-24-17(3)13-16(2)14-22(24)37-29/h6-15,25,32H,5H2,1-4H3/t25-/m1/s1. The van der Waals surface area contributed by atoms with Crippen molar-refractivity contribution < 1.29 is 24.2 Å². The van der Waals surface area contributed by atoms with Gasteiger partial charge in [-0.25, -0.2) is 4.98 Å². The van der Waals surface area contributed by atoms with Crippen LogP contribution in [0.2, 0.25) is 0 Å². The number of ketones is 1. The lowest BCUT2D eigenvalue weighted by atomic mass is 9.95. The number of aryl methyl sites for hydroxylation is 2. The fourth-order valence-electron chi connectivity index (χ4n) is 4.65. The predicted molar refractivity (Wildman–Crippen MR) is 144 cm³/mol. The average Bonchev–Trinajstić information content (AvgIpc) is 3.43. The number of Topliss-reactive ketones (excluding diaryl/α,β-unsaturated/α-hetero) is 1. The molecule has 2 heterocycles. The molecule has 1 aromatic heterocycles. The molecule has 0 radical (unpaired) electrons. The number of fused-ring (bicyclic) bond motifs is 1. The van der Waals surface area contributed by atoms with E-state index in [4.69, 9.17) is 14.5 Å². The van der Waals surface area contributed by atoms with Crippen LogP contribution < -0.4 is 14.4 Å². The number of aliphatic hydroxyl groups excluding tert-OH is 1. The number of rotatable bonds is 6. The maximum absolute atomic E-state index is 13.5. The molecule has 188 valence electrons. The van der Waals surface area contributed by atoms with Gasteiger partial charge in [0.2, 0.25) is 0 Å². The first-order valence-electron chi connectivity index (χ1n) is 11.9. The number of ether oxygens (including phenoxy) is 2. The van der Waals surface area contributed by atoms with E-state index in [0.29, 0.717) is 34.4 Å². The van der Waals surface area contributed by atoms with Gasteiger partial charge in [0.25, 0.3) is 5.78 Å². The van der Waals surface area contributed by atoms with Crippen LogP contribution in [-0.2, 0) is 9.59 Å². The normalized spacial score (nSPS) is 17.0. The summed E-state index contributed by atoms with van der Waals surface area (Å²) in [6, 6.07) is 17.1. The summed E-state index contributed by atoms with van der Waals surface area (Å²) in [6.07, 6.45) is 0. The molecule has 1 aliphatic rings. The van der Waals surface area contributed by atoms with Crippen LogP contribution >= 0.6 is 11.3 Å². The Hall–Kier alpha value is -4.17. The van der Waals surface area contributed by atoms with Crippen LogP contribution in [0.4, 0.5) is 5.13 Å². The van der Waals surface area contributed by atoms with Crippen LogP contribution in [0, 0.1) is 13.8 Å². The molecule has 4 aromatic rings. The smallest absolute Gasteiger partial charge is 0.301 e. The topological polar surface area (TPSA) is 89.0 Å². The minimum atomic E-state index is -0.886. The Morgan fingerprint density at radius 3 is 2.51 bits per heavy atom. The third kappa shape index (κ3) is 4.34. The molecule has 1 aliphatic heterocycles. The predicted octanol–water partition coefficient (Wildman–Crippen LogP) is 5.95. The van der Waals surface area contributed by atoms with E-state index < -0.39 is 17.7 Å². The van der Waals surface area contributed by atoms with Crippen LogP contribution in [-0.4, -0.2) is 35.5 Å². The largest absolute Gasteiger partial charge is 0.507 e. The highest BCUT2D eigenvalue weighted by Crippen LogP contribution is 2.45. The van der Waals surface area contributed by atoms with Crippen molar-refractivity contribution in [1.29, 1.82) is 0 Å². The molecule has 0 aliphatic carbocycles. The Bertz CT molecular complexity index is 1550. The van der Waals surface area contributed by atoms with E-state index in [2.05, 4.69) is 0 Å². The number of hydrogen-bond acceptors (Lipinski definition) is 7. The second kappa shape index (κ2) is 9.71. The van der Waals surface area contributed by atoms with E-state index in [1.165, 1.54) is 16.2 Å². The molecule has 0 unspecified atom stereocenters. The van der Waals surface area contributed by atoms with Crippen LogP contribution in [0.15, 0.2) is 66.2 Å². The van der Waals surface area contributed by atoms with E-state index >= 15 is 0 Å². The molecule has 8 heteroatoms. The molecular weight excluding hydrogens is 488 g/mol. The minimum absolute atomic E-state index is 0.00503. The maximum Gasteiger partial charge on any atom is 0.301 e. The van der Waals surface area contributed by atoms with Crippen molar-refractivity contribution in [2.45, 2.75) is 26.8 Å². The van der Waals surface area contributed by atoms with Crippen LogP contribution in [0.1, 0.15) is 35.2 Å². The first kappa shape index (κ1) is 24.5. The van der Waals surface area contributed by atoms with Gasteiger partial charge in [-0.1, -0.05) is 29.5 Å². The van der Waals surface area contributed by atoms with Crippen molar-refractivity contribution in [3.05, 3.63) is 88.5 Å². The number of carbonyl (C=O) groups is 2. The molecular formula is C29H26N2O5S. The quantitative estimate of drug-likeness (QED) is 0.194. The maximum atomic E-state index is 13.5. The van der Waals surface area contributed by atoms with Crippen molar-refractivity contribution in [3.8, 4) is 11.5 Å². The van der Waals surface area contributed by atoms with Crippen molar-refractivity contribution in [2.75, 3.05) is 18.6 Å². The van der Waals surface area contributed by atoms with Crippen LogP contribution in [0.5, 0.6) is 11.5 Å². The molecule has 1 atom stereocenters. The summed E-state index contributed by atoms with van der Waals surface area (Å²) in [5.41, 5.74) is 3.88. The number of hydrogen-bond donors (Lipinski definition) is 1. The highest BCUT2D eigenvalue weighted by atomic mass is 32.1. The summed E-state index contributed by atoms with van der Waals surface area (Å²) in [6.45, 7) is 6.37. The van der Waals surface area contributed by atoms with Crippen molar-refractivity contribution in [1.82, 2.24) is 4.98 Å². The summed E-state index contributed by atoms with van der Waals surface area (Å²) in [5, 5.41) is 11.8. The van der Waals surface area contributed by atoms with Crippen molar-refractivity contribution in [3.63, 3.8) is 0 Å². The number of nitrogens with zero attached hydrogens (tertiary/aromatic N) is 2. The summed E-state index contributed by atoms with van der Waals surface area (Å²) in [4.78, 5) is 33.1. The monoisotopic (exact) mass is 514 g/mol. The van der Waals surface area contributed by atoms with E-state index in [9.17, 15) is 14.7 Å².